The summed E-state index contributed by atoms with van der Waals surface area (Å²) in [6.07, 6.45) is 9.09. The Morgan fingerprint density at radius 2 is 1.95 bits per heavy atom. The molecular formula is C17H24ClNO. The van der Waals surface area contributed by atoms with Gasteiger partial charge in [-0.2, -0.15) is 0 Å². The zero-order valence-electron chi connectivity index (χ0n) is 12.3. The van der Waals surface area contributed by atoms with Gasteiger partial charge in [0.2, 0.25) is 0 Å². The highest BCUT2D eigenvalue weighted by molar-refractivity contribution is 6.30. The van der Waals surface area contributed by atoms with E-state index in [-0.39, 0.29) is 0 Å². The van der Waals surface area contributed by atoms with E-state index in [2.05, 4.69) is 24.5 Å². The van der Waals surface area contributed by atoms with Crippen LogP contribution >= 0.6 is 11.6 Å². The average Bonchev–Trinajstić information content (AvgIpc) is 2.74. The molecule has 1 atom stereocenters. The van der Waals surface area contributed by atoms with Gasteiger partial charge < -0.3 is 10.1 Å². The molecule has 0 amide bonds. The molecule has 1 aliphatic carbocycles. The third kappa shape index (κ3) is 2.82. The molecule has 0 aromatic heterocycles. The summed E-state index contributed by atoms with van der Waals surface area (Å²) in [4.78, 5) is 0. The number of hydrogen-bond donors (Lipinski definition) is 1. The molecule has 1 fully saturated rings. The molecule has 0 saturated heterocycles. The highest BCUT2D eigenvalue weighted by atomic mass is 35.5. The predicted molar refractivity (Wildman–Crippen MR) is 83.6 cm³/mol. The van der Waals surface area contributed by atoms with Crippen LogP contribution in [0.5, 0.6) is 5.75 Å². The van der Waals surface area contributed by atoms with Gasteiger partial charge in [0, 0.05) is 23.0 Å². The molecule has 1 saturated carbocycles. The molecule has 0 radical (unpaired) electrons. The first-order chi connectivity index (χ1) is 9.79. The number of benzene rings is 1. The smallest absolute Gasteiger partial charge is 0.127 e. The monoisotopic (exact) mass is 293 g/mol. The number of halogens is 1. The highest BCUT2D eigenvalue weighted by Gasteiger charge is 2.28. The molecule has 0 bridgehead atoms. The van der Waals surface area contributed by atoms with Crippen molar-refractivity contribution in [3.8, 4) is 5.75 Å². The average molecular weight is 294 g/mol. The molecule has 20 heavy (non-hydrogen) atoms. The standard InChI is InChI=1S/C17H24ClNO/c1-19-16(12-6-4-2-3-5-7-12)15-11-14(18)10-13-8-9-20-17(13)15/h10-12,16,19H,2-9H2,1H3. The van der Waals surface area contributed by atoms with E-state index in [1.54, 1.807) is 0 Å². The van der Waals surface area contributed by atoms with Crippen LogP contribution in [0.1, 0.15) is 55.7 Å². The second kappa shape index (κ2) is 6.36. The lowest BCUT2D eigenvalue weighted by Crippen LogP contribution is -2.25. The first-order valence-electron chi connectivity index (χ1n) is 7.92. The molecule has 3 heteroatoms. The fourth-order valence-electron chi connectivity index (χ4n) is 3.82. The van der Waals surface area contributed by atoms with Crippen molar-refractivity contribution in [3.63, 3.8) is 0 Å². The Hall–Kier alpha value is -0.730. The summed E-state index contributed by atoms with van der Waals surface area (Å²) in [6, 6.07) is 4.55. The van der Waals surface area contributed by atoms with Crippen LogP contribution < -0.4 is 10.1 Å². The maximum absolute atomic E-state index is 6.32. The lowest BCUT2D eigenvalue weighted by molar-refractivity contribution is 0.315. The van der Waals surface area contributed by atoms with E-state index in [0.29, 0.717) is 12.0 Å². The summed E-state index contributed by atoms with van der Waals surface area (Å²) in [6.45, 7) is 0.795. The summed E-state index contributed by atoms with van der Waals surface area (Å²) in [7, 11) is 2.07. The largest absolute Gasteiger partial charge is 0.493 e. The summed E-state index contributed by atoms with van der Waals surface area (Å²) in [5.74, 6) is 1.80. The predicted octanol–water partition coefficient (Wildman–Crippen LogP) is 4.51. The minimum absolute atomic E-state index is 0.374. The van der Waals surface area contributed by atoms with Crippen LogP contribution in [0.25, 0.3) is 0 Å². The van der Waals surface area contributed by atoms with Crippen LogP contribution in [0.2, 0.25) is 5.02 Å². The second-order valence-corrected chi connectivity index (χ2v) is 6.54. The van der Waals surface area contributed by atoms with Crippen LogP contribution in [0.4, 0.5) is 0 Å². The van der Waals surface area contributed by atoms with Crippen LogP contribution in [-0.2, 0) is 6.42 Å². The number of ether oxygens (including phenoxy) is 1. The van der Waals surface area contributed by atoms with Gasteiger partial charge in [-0.05, 0) is 43.5 Å². The quantitative estimate of drug-likeness (QED) is 0.828. The molecule has 3 rings (SSSR count). The Bertz CT molecular complexity index is 466. The van der Waals surface area contributed by atoms with E-state index in [9.17, 15) is 0 Å². The summed E-state index contributed by atoms with van der Waals surface area (Å²) in [5, 5.41) is 4.38. The minimum Gasteiger partial charge on any atom is -0.493 e. The lowest BCUT2D eigenvalue weighted by atomic mass is 9.86. The maximum atomic E-state index is 6.32. The maximum Gasteiger partial charge on any atom is 0.127 e. The number of fused-ring (bicyclic) bond motifs is 1. The second-order valence-electron chi connectivity index (χ2n) is 6.10. The lowest BCUT2D eigenvalue weighted by Gasteiger charge is -2.27. The number of nitrogens with one attached hydrogen (secondary N) is 1. The molecular weight excluding hydrogens is 270 g/mol. The molecule has 1 aliphatic heterocycles. The van der Waals surface area contributed by atoms with Crippen molar-refractivity contribution in [2.24, 2.45) is 5.92 Å². The van der Waals surface area contributed by atoms with E-state index in [0.717, 1.165) is 23.8 Å². The molecule has 1 N–H and O–H groups in total. The van der Waals surface area contributed by atoms with Gasteiger partial charge in [-0.1, -0.05) is 37.3 Å². The van der Waals surface area contributed by atoms with E-state index >= 15 is 0 Å². The topological polar surface area (TPSA) is 21.3 Å². The molecule has 2 aliphatic rings. The molecule has 110 valence electrons. The van der Waals surface area contributed by atoms with Gasteiger partial charge in [0.1, 0.15) is 5.75 Å². The highest BCUT2D eigenvalue weighted by Crippen LogP contribution is 2.41. The van der Waals surface area contributed by atoms with E-state index in [4.69, 9.17) is 16.3 Å². The van der Waals surface area contributed by atoms with Gasteiger partial charge in [-0.15, -0.1) is 0 Å². The minimum atomic E-state index is 0.374. The van der Waals surface area contributed by atoms with Crippen molar-refractivity contribution in [2.45, 2.75) is 51.0 Å². The Morgan fingerprint density at radius 1 is 1.20 bits per heavy atom. The van der Waals surface area contributed by atoms with Crippen molar-refractivity contribution < 1.29 is 4.74 Å². The molecule has 2 nitrogen and oxygen atoms in total. The molecule has 1 aromatic rings. The SMILES string of the molecule is CNC(c1cc(Cl)cc2c1OCC2)C1CCCCCC1. The van der Waals surface area contributed by atoms with Gasteiger partial charge in [0.15, 0.2) is 0 Å². The third-order valence-electron chi connectivity index (χ3n) is 4.79. The normalized spacial score (nSPS) is 21.1. The van der Waals surface area contributed by atoms with Crippen molar-refractivity contribution in [2.75, 3.05) is 13.7 Å². The van der Waals surface area contributed by atoms with Crippen molar-refractivity contribution in [3.05, 3.63) is 28.3 Å². The van der Waals surface area contributed by atoms with Crippen molar-refractivity contribution in [1.29, 1.82) is 0 Å². The van der Waals surface area contributed by atoms with Gasteiger partial charge >= 0.3 is 0 Å². The summed E-state index contributed by atoms with van der Waals surface area (Å²) < 4.78 is 5.89. The molecule has 1 unspecified atom stereocenters. The third-order valence-corrected chi connectivity index (χ3v) is 5.01. The van der Waals surface area contributed by atoms with Crippen LogP contribution in [0, 0.1) is 5.92 Å². The summed E-state index contributed by atoms with van der Waals surface area (Å²) in [5.41, 5.74) is 2.56. The van der Waals surface area contributed by atoms with Gasteiger partial charge in [-0.3, -0.25) is 0 Å². The Kier molecular flexibility index (Phi) is 4.52. The summed E-state index contributed by atoms with van der Waals surface area (Å²) >= 11 is 6.32. The molecule has 1 heterocycles. The fraction of sp³-hybridized carbons (Fsp3) is 0.647. The first kappa shape index (κ1) is 14.2. The number of hydrogen-bond acceptors (Lipinski definition) is 2. The Morgan fingerprint density at radius 3 is 2.65 bits per heavy atom. The Balaban J connectivity index is 1.92. The molecule has 1 aromatic carbocycles. The van der Waals surface area contributed by atoms with Crippen molar-refractivity contribution in [1.82, 2.24) is 5.32 Å². The zero-order valence-corrected chi connectivity index (χ0v) is 13.0. The van der Waals surface area contributed by atoms with Crippen molar-refractivity contribution >= 4 is 11.6 Å². The first-order valence-corrected chi connectivity index (χ1v) is 8.30. The van der Waals surface area contributed by atoms with Crippen LogP contribution in [0.3, 0.4) is 0 Å². The van der Waals surface area contributed by atoms with Gasteiger partial charge in [0.05, 0.1) is 6.61 Å². The zero-order chi connectivity index (χ0) is 13.9. The van der Waals surface area contributed by atoms with Crippen LogP contribution in [-0.4, -0.2) is 13.7 Å². The number of rotatable bonds is 3. The van der Waals surface area contributed by atoms with E-state index in [1.165, 1.54) is 49.7 Å². The van der Waals surface area contributed by atoms with E-state index in [1.807, 2.05) is 0 Å². The molecule has 0 spiro atoms. The fourth-order valence-corrected chi connectivity index (χ4v) is 4.07. The van der Waals surface area contributed by atoms with Gasteiger partial charge in [-0.25, -0.2) is 0 Å². The van der Waals surface area contributed by atoms with Gasteiger partial charge in [0.25, 0.3) is 0 Å². The van der Waals surface area contributed by atoms with Crippen LogP contribution in [0.15, 0.2) is 12.1 Å². The van der Waals surface area contributed by atoms with E-state index < -0.39 is 0 Å². The Labute approximate surface area is 126 Å².